The summed E-state index contributed by atoms with van der Waals surface area (Å²) in [5.41, 5.74) is 0. The Balaban J connectivity index is 0.00000225. The van der Waals surface area contributed by atoms with Gasteiger partial charge in [0.25, 0.3) is 0 Å². The molecule has 0 aromatic rings. The molecule has 16 heavy (non-hydrogen) atoms. The van der Waals surface area contributed by atoms with E-state index >= 15 is 0 Å². The van der Waals surface area contributed by atoms with Crippen molar-refractivity contribution >= 4 is 38.4 Å². The average Bonchev–Trinajstić information content (AvgIpc) is 2.63. The second-order valence-corrected chi connectivity index (χ2v) is 6.05. The fourth-order valence-corrected chi connectivity index (χ4v) is 2.81. The predicted octanol–water partition coefficient (Wildman–Crippen LogP) is -1.84. The maximum absolute atomic E-state index is 10.2. The summed E-state index contributed by atoms with van der Waals surface area (Å²) >= 11 is 6.53. The van der Waals surface area contributed by atoms with Crippen molar-refractivity contribution in [2.45, 2.75) is 12.8 Å². The van der Waals surface area contributed by atoms with E-state index in [0.717, 1.165) is 30.3 Å². The summed E-state index contributed by atoms with van der Waals surface area (Å²) in [5.74, 6) is 0.427. The van der Waals surface area contributed by atoms with Gasteiger partial charge in [-0.15, -0.1) is 0 Å². The van der Waals surface area contributed by atoms with Crippen LogP contribution < -0.4 is 51.4 Å². The van der Waals surface area contributed by atoms with Crippen LogP contribution in [0.3, 0.4) is 0 Å². The largest absolute Gasteiger partial charge is 1.00 e. The molecule has 0 saturated carbocycles. The molecule has 0 bridgehead atoms. The zero-order valence-corrected chi connectivity index (χ0v) is 14.7. The minimum atomic E-state index is -4.24. The molecule has 1 heterocycles. The van der Waals surface area contributed by atoms with Gasteiger partial charge in [0.05, 0.1) is 0 Å². The second kappa shape index (κ2) is 8.60. The Morgan fingerprint density at radius 1 is 1.44 bits per heavy atom. The van der Waals surface area contributed by atoms with E-state index in [0.29, 0.717) is 11.2 Å². The maximum atomic E-state index is 10.2. The third-order valence-corrected chi connectivity index (χ3v) is 3.93. The Morgan fingerprint density at radius 3 is 2.50 bits per heavy atom. The molecule has 1 aliphatic heterocycles. The fourth-order valence-electron chi connectivity index (χ4n) is 1.27. The summed E-state index contributed by atoms with van der Waals surface area (Å²) < 4.78 is 31.5. The number of hydrogen-bond acceptors (Lipinski definition) is 5. The molecule has 0 spiro atoms. The van der Waals surface area contributed by atoms with Gasteiger partial charge in [-0.05, 0) is 12.8 Å². The number of hydrogen-bond donors (Lipinski definition) is 0. The Morgan fingerprint density at radius 2 is 2.00 bits per heavy atom. The third kappa shape index (κ3) is 7.78. The molecule has 0 aliphatic carbocycles. The number of thiocarbonyl (C=S) groups is 1. The van der Waals surface area contributed by atoms with Crippen molar-refractivity contribution in [3.63, 3.8) is 0 Å². The number of rotatable bonds is 3. The molecule has 0 N–H and O–H groups in total. The smallest absolute Gasteiger partial charge is 0.744 e. The molecule has 1 rings (SSSR count). The predicted molar refractivity (Wildman–Crippen MR) is 64.7 cm³/mol. The van der Waals surface area contributed by atoms with Crippen molar-refractivity contribution in [1.29, 1.82) is 0 Å². The molecular formula is C8H12KNO3S3. The summed E-state index contributed by atoms with van der Waals surface area (Å²) in [6.45, 7) is 1.96. The molecule has 0 radical (unpaired) electrons. The van der Waals surface area contributed by atoms with Gasteiger partial charge in [-0.3, -0.25) is 0 Å². The monoisotopic (exact) mass is 305 g/mol. The van der Waals surface area contributed by atoms with Gasteiger partial charge in [-0.2, -0.15) is 0 Å². The van der Waals surface area contributed by atoms with E-state index in [1.165, 1.54) is 17.8 Å². The van der Waals surface area contributed by atoms with Gasteiger partial charge in [0.15, 0.2) is 0 Å². The summed E-state index contributed by atoms with van der Waals surface area (Å²) in [6.07, 6.45) is 3.65. The van der Waals surface area contributed by atoms with Gasteiger partial charge in [-0.1, -0.05) is 30.1 Å². The fraction of sp³-hybridized carbons (Fsp3) is 0.625. The number of likely N-dealkylation sites (tertiary alicyclic amines) is 1. The van der Waals surface area contributed by atoms with Crippen LogP contribution in [0.15, 0.2) is 11.5 Å². The quantitative estimate of drug-likeness (QED) is 0.347. The summed E-state index contributed by atoms with van der Waals surface area (Å²) in [6, 6.07) is 0. The molecule has 0 amide bonds. The first-order valence-electron chi connectivity index (χ1n) is 4.53. The van der Waals surface area contributed by atoms with Gasteiger partial charge < -0.3 is 9.45 Å². The van der Waals surface area contributed by atoms with Crippen LogP contribution >= 0.6 is 24.0 Å². The molecule has 4 nitrogen and oxygen atoms in total. The van der Waals surface area contributed by atoms with Gasteiger partial charge >= 0.3 is 51.4 Å². The van der Waals surface area contributed by atoms with E-state index in [1.807, 2.05) is 0 Å². The molecule has 0 atom stereocenters. The van der Waals surface area contributed by atoms with Crippen LogP contribution in [-0.4, -0.2) is 41.0 Å². The maximum Gasteiger partial charge on any atom is 1.00 e. The van der Waals surface area contributed by atoms with Crippen molar-refractivity contribution in [2.24, 2.45) is 0 Å². The van der Waals surface area contributed by atoms with Crippen LogP contribution in [0.25, 0.3) is 0 Å². The van der Waals surface area contributed by atoms with Crippen LogP contribution in [0.1, 0.15) is 12.8 Å². The normalized spacial score (nSPS) is 16.4. The van der Waals surface area contributed by atoms with Crippen molar-refractivity contribution in [3.05, 3.63) is 11.5 Å². The summed E-state index contributed by atoms with van der Waals surface area (Å²) in [5, 5.41) is 0.673. The molecule has 0 aromatic heterocycles. The zero-order valence-electron chi connectivity index (χ0n) is 9.09. The van der Waals surface area contributed by atoms with Crippen LogP contribution in [0, 0.1) is 0 Å². The Labute approximate surface area is 148 Å². The minimum Gasteiger partial charge on any atom is -0.744 e. The third-order valence-electron chi connectivity index (χ3n) is 1.93. The first-order valence-corrected chi connectivity index (χ1v) is 7.40. The van der Waals surface area contributed by atoms with Crippen molar-refractivity contribution < 1.29 is 64.4 Å². The van der Waals surface area contributed by atoms with Gasteiger partial charge in [0, 0.05) is 24.3 Å². The molecule has 1 fully saturated rings. The first kappa shape index (κ1) is 17.5. The molecular weight excluding hydrogens is 293 g/mol. The molecule has 0 aromatic carbocycles. The summed E-state index contributed by atoms with van der Waals surface area (Å²) in [4.78, 5) is 2.10. The number of nitrogens with zero attached hydrogens (tertiary/aromatic N) is 1. The van der Waals surface area contributed by atoms with E-state index in [4.69, 9.17) is 12.2 Å². The molecule has 1 aliphatic rings. The van der Waals surface area contributed by atoms with Crippen molar-refractivity contribution in [3.8, 4) is 0 Å². The average molecular weight is 305 g/mol. The van der Waals surface area contributed by atoms with E-state index in [2.05, 4.69) is 4.90 Å². The van der Waals surface area contributed by atoms with Crippen molar-refractivity contribution in [2.75, 3.05) is 18.8 Å². The van der Waals surface area contributed by atoms with Gasteiger partial charge in [0.2, 0.25) is 0 Å². The van der Waals surface area contributed by atoms with Crippen LogP contribution in [0.5, 0.6) is 0 Å². The molecule has 8 heteroatoms. The Hall–Kier alpha value is 1.53. The minimum absolute atomic E-state index is 0. The van der Waals surface area contributed by atoms with Crippen LogP contribution in [0.2, 0.25) is 0 Å². The van der Waals surface area contributed by atoms with E-state index in [1.54, 1.807) is 0 Å². The van der Waals surface area contributed by atoms with Crippen LogP contribution in [0.4, 0.5) is 0 Å². The van der Waals surface area contributed by atoms with E-state index < -0.39 is 10.1 Å². The van der Waals surface area contributed by atoms with E-state index in [-0.39, 0.29) is 51.4 Å². The first-order chi connectivity index (χ1) is 6.99. The number of thioether (sulfide) groups is 1. The zero-order chi connectivity index (χ0) is 11.3. The molecule has 0 unspecified atom stereocenters. The van der Waals surface area contributed by atoms with Gasteiger partial charge in [0.1, 0.15) is 14.4 Å². The topological polar surface area (TPSA) is 60.4 Å². The van der Waals surface area contributed by atoms with Crippen molar-refractivity contribution in [1.82, 2.24) is 4.90 Å². The van der Waals surface area contributed by atoms with E-state index in [9.17, 15) is 13.0 Å². The van der Waals surface area contributed by atoms with Gasteiger partial charge in [-0.25, -0.2) is 8.42 Å². The molecule has 1 saturated heterocycles. The standard InChI is InChI=1S/C8H13NO3S3.K/c10-15(11,12)7-3-6-14-8(13)9-4-1-2-5-9;/h3,7H,1-2,4-6H2,(H,10,11,12);/q;+1/p-1/b7-3-;. The SMILES string of the molecule is O=S(=O)([O-])/C=C\CSC(=S)N1CCCC1.[K+]. The Bertz CT molecular complexity index is 350. The van der Waals surface area contributed by atoms with Crippen LogP contribution in [-0.2, 0) is 10.1 Å². The molecule has 86 valence electrons. The summed E-state index contributed by atoms with van der Waals surface area (Å²) in [7, 11) is -4.24. The Kier molecular flexibility index (Phi) is 9.42. The second-order valence-electron chi connectivity index (χ2n) is 3.14.